The number of benzene rings is 4. The number of rotatable bonds is 4. The van der Waals surface area contributed by atoms with E-state index in [0.717, 1.165) is 39.2 Å². The van der Waals surface area contributed by atoms with Gasteiger partial charge in [-0.15, -0.1) is 71.6 Å². The maximum atomic E-state index is 4.41. The molecule has 0 saturated carbocycles. The summed E-state index contributed by atoms with van der Waals surface area (Å²) < 4.78 is 0. The van der Waals surface area contributed by atoms with Gasteiger partial charge in [-0.2, -0.15) is 5.56 Å². The molecular formula is C34H27BIrN3SiY-4. The van der Waals surface area contributed by atoms with Gasteiger partial charge in [0.25, 0.3) is 0 Å². The molecule has 3 nitrogen and oxygen atoms in total. The molecule has 41 heavy (non-hydrogen) atoms. The fraction of sp³-hybridized carbons (Fsp3) is 0.0882. The van der Waals surface area contributed by atoms with Gasteiger partial charge in [0.15, 0.2) is 0 Å². The average Bonchev–Trinajstić information content (AvgIpc) is 2.98. The molecule has 0 aliphatic carbocycles. The summed E-state index contributed by atoms with van der Waals surface area (Å²) >= 11 is 0. The van der Waals surface area contributed by atoms with E-state index in [4.69, 9.17) is 0 Å². The van der Waals surface area contributed by atoms with Gasteiger partial charge in [0.05, 0.1) is 13.9 Å². The van der Waals surface area contributed by atoms with Gasteiger partial charge in [-0.3, -0.25) is 33.2 Å². The summed E-state index contributed by atoms with van der Waals surface area (Å²) in [5.41, 5.74) is 4.74. The van der Waals surface area contributed by atoms with Gasteiger partial charge >= 0.3 is 0 Å². The Hall–Kier alpha value is -2.59. The zero-order valence-corrected chi connectivity index (χ0v) is 29.5. The van der Waals surface area contributed by atoms with Crippen molar-refractivity contribution < 1.29 is 52.8 Å². The standard InChI is InChI=1S/C21H12N.C13H15N2Si.B.Ir.Y/c1-2-7-17-14-19(12-11-16(17)6-1)18-8-5-9-20(15-18)21-10-3-4-13-22-21;1-16(2,3)12-9-14-13(15-10-12)11-7-5-4-6-8-11;;;/h1-8,10-13H;4-7,9-10H,1-3H3;;;/q-3;-1;;;. The molecule has 201 valence electrons. The zero-order valence-electron chi connectivity index (χ0n) is 23.2. The van der Waals surface area contributed by atoms with Gasteiger partial charge in [-0.1, -0.05) is 55.0 Å². The van der Waals surface area contributed by atoms with Crippen LogP contribution >= 0.6 is 0 Å². The van der Waals surface area contributed by atoms with Crippen LogP contribution in [0.2, 0.25) is 19.6 Å². The maximum absolute atomic E-state index is 4.41. The number of hydrogen-bond donors (Lipinski definition) is 0. The second kappa shape index (κ2) is 16.1. The summed E-state index contributed by atoms with van der Waals surface area (Å²) in [6.45, 7) is 6.88. The Bertz CT molecular complexity index is 1640. The first-order chi connectivity index (χ1) is 18.5. The Balaban J connectivity index is 0.000000279. The van der Waals surface area contributed by atoms with Gasteiger partial charge in [-0.25, -0.2) is 6.07 Å². The fourth-order valence-corrected chi connectivity index (χ4v) is 4.79. The maximum Gasteiger partial charge on any atom is 0.0815 e. The molecule has 0 N–H and O–H groups in total. The van der Waals surface area contributed by atoms with Crippen LogP contribution in [-0.2, 0) is 52.8 Å². The summed E-state index contributed by atoms with van der Waals surface area (Å²) in [6.07, 6.45) is 5.69. The molecule has 0 amide bonds. The molecule has 0 fully saturated rings. The van der Waals surface area contributed by atoms with Crippen molar-refractivity contribution in [2.24, 2.45) is 0 Å². The minimum Gasteiger partial charge on any atom is -0.352 e. The molecule has 0 spiro atoms. The molecule has 0 atom stereocenters. The van der Waals surface area contributed by atoms with Crippen LogP contribution in [0.5, 0.6) is 0 Å². The quantitative estimate of drug-likeness (QED) is 0.142. The molecule has 6 rings (SSSR count). The van der Waals surface area contributed by atoms with Crippen molar-refractivity contribution in [1.82, 2.24) is 15.0 Å². The van der Waals surface area contributed by atoms with Gasteiger partial charge in [0, 0.05) is 79.8 Å². The Labute approximate surface area is 285 Å². The van der Waals surface area contributed by atoms with Crippen molar-refractivity contribution in [2.45, 2.75) is 19.6 Å². The molecule has 2 aromatic heterocycles. The van der Waals surface area contributed by atoms with E-state index >= 15 is 0 Å². The van der Waals surface area contributed by atoms with Crippen LogP contribution in [0, 0.1) is 24.3 Å². The summed E-state index contributed by atoms with van der Waals surface area (Å²) in [5, 5.41) is 3.59. The topological polar surface area (TPSA) is 38.7 Å². The molecule has 2 heterocycles. The first-order valence-corrected chi connectivity index (χ1v) is 16.0. The predicted molar refractivity (Wildman–Crippen MR) is 164 cm³/mol. The minimum atomic E-state index is -1.29. The Morgan fingerprint density at radius 3 is 2.02 bits per heavy atom. The van der Waals surface area contributed by atoms with E-state index < -0.39 is 8.07 Å². The van der Waals surface area contributed by atoms with E-state index in [1.807, 2.05) is 79.1 Å². The number of hydrogen-bond acceptors (Lipinski definition) is 3. The smallest absolute Gasteiger partial charge is 0.0815 e. The third-order valence-corrected chi connectivity index (χ3v) is 8.07. The van der Waals surface area contributed by atoms with Crippen LogP contribution < -0.4 is 5.19 Å². The van der Waals surface area contributed by atoms with Crippen molar-refractivity contribution in [3.05, 3.63) is 134 Å². The van der Waals surface area contributed by atoms with E-state index in [1.165, 1.54) is 10.6 Å². The van der Waals surface area contributed by atoms with Crippen LogP contribution in [-0.4, -0.2) is 31.4 Å². The van der Waals surface area contributed by atoms with Gasteiger partial charge in [-0.05, 0) is 11.3 Å². The molecule has 0 aliphatic heterocycles. The second-order valence-electron chi connectivity index (χ2n) is 9.89. The van der Waals surface area contributed by atoms with Crippen molar-refractivity contribution >= 4 is 32.4 Å². The van der Waals surface area contributed by atoms with Crippen molar-refractivity contribution in [2.75, 3.05) is 0 Å². The molecule has 5 radical (unpaired) electrons. The third-order valence-electron chi connectivity index (χ3n) is 6.08. The molecule has 7 heteroatoms. The molecule has 0 unspecified atom stereocenters. The minimum absolute atomic E-state index is 0. The van der Waals surface area contributed by atoms with E-state index in [-0.39, 0.29) is 61.2 Å². The van der Waals surface area contributed by atoms with Crippen molar-refractivity contribution in [3.63, 3.8) is 0 Å². The number of aromatic nitrogens is 3. The van der Waals surface area contributed by atoms with E-state index in [9.17, 15) is 0 Å². The SMILES string of the molecule is C[Si](C)(C)c1cnc(-c2[c-]cccc2)nc1.[B].[Ir].[Y].[c-]1ccc(-c2[c-]c3ccccc3cc2)[c-]c1-c1ccccn1. The summed E-state index contributed by atoms with van der Waals surface area (Å²) in [5.74, 6) is 0.752. The average molecular weight is 798 g/mol. The van der Waals surface area contributed by atoms with Crippen LogP contribution in [0.3, 0.4) is 0 Å². The van der Waals surface area contributed by atoms with Crippen molar-refractivity contribution in [1.29, 1.82) is 0 Å². The molecular weight excluding hydrogens is 770 g/mol. The summed E-state index contributed by atoms with van der Waals surface area (Å²) in [6, 6.07) is 43.2. The largest absolute Gasteiger partial charge is 0.352 e. The Morgan fingerprint density at radius 2 is 1.34 bits per heavy atom. The molecule has 0 saturated heterocycles. The molecule has 4 aromatic carbocycles. The fourth-order valence-electron chi connectivity index (χ4n) is 3.89. The third kappa shape index (κ3) is 9.20. The van der Waals surface area contributed by atoms with Crippen molar-refractivity contribution in [3.8, 4) is 33.8 Å². The second-order valence-corrected chi connectivity index (χ2v) is 15.0. The molecule has 0 bridgehead atoms. The predicted octanol–water partition coefficient (Wildman–Crippen LogP) is 7.07. The Kier molecular flexibility index (Phi) is 13.6. The normalized spacial score (nSPS) is 10.2. The van der Waals surface area contributed by atoms with Crippen LogP contribution in [0.15, 0.2) is 110 Å². The monoisotopic (exact) mass is 798 g/mol. The van der Waals surface area contributed by atoms with E-state index in [0.29, 0.717) is 0 Å². The van der Waals surface area contributed by atoms with Crippen LogP contribution in [0.4, 0.5) is 0 Å². The summed E-state index contributed by atoms with van der Waals surface area (Å²) in [7, 11) is -1.29. The van der Waals surface area contributed by atoms with Crippen LogP contribution in [0.1, 0.15) is 0 Å². The van der Waals surface area contributed by atoms with Gasteiger partial charge in [0.2, 0.25) is 0 Å². The number of fused-ring (bicyclic) bond motifs is 1. The van der Waals surface area contributed by atoms with Gasteiger partial charge < -0.3 is 11.1 Å². The number of nitrogens with zero attached hydrogens (tertiary/aromatic N) is 3. The summed E-state index contributed by atoms with van der Waals surface area (Å²) in [4.78, 5) is 13.2. The first-order valence-electron chi connectivity index (χ1n) is 12.5. The Morgan fingerprint density at radius 1 is 0.634 bits per heavy atom. The zero-order chi connectivity index (χ0) is 26.4. The van der Waals surface area contributed by atoms with Crippen LogP contribution in [0.25, 0.3) is 44.5 Å². The first kappa shape index (κ1) is 34.6. The van der Waals surface area contributed by atoms with E-state index in [2.05, 4.69) is 83.1 Å². The molecule has 6 aromatic rings. The molecule has 0 aliphatic rings. The number of pyridine rings is 1. The van der Waals surface area contributed by atoms with Gasteiger partial charge in [0.1, 0.15) is 0 Å². The van der Waals surface area contributed by atoms with E-state index in [1.54, 1.807) is 6.20 Å².